The van der Waals surface area contributed by atoms with Crippen molar-refractivity contribution in [2.75, 3.05) is 25.9 Å². The monoisotopic (exact) mass is 420 g/mol. The number of ether oxygens (including phenoxy) is 2. The van der Waals surface area contributed by atoms with Gasteiger partial charge in [0, 0.05) is 14.1 Å². The molecule has 0 unspecified atom stereocenters. The van der Waals surface area contributed by atoms with Crippen molar-refractivity contribution in [3.8, 4) is 5.75 Å². The van der Waals surface area contributed by atoms with Gasteiger partial charge in [0.05, 0.1) is 23.3 Å². The van der Waals surface area contributed by atoms with E-state index in [2.05, 4.69) is 4.72 Å². The molecule has 1 N–H and O–H groups in total. The summed E-state index contributed by atoms with van der Waals surface area (Å²) in [7, 11) is 0.529. The minimum absolute atomic E-state index is 0.0226. The number of methoxy groups -OCH3 is 1. The van der Waals surface area contributed by atoms with Gasteiger partial charge in [-0.15, -0.1) is 0 Å². The van der Waals surface area contributed by atoms with E-state index in [0.717, 1.165) is 0 Å². The Morgan fingerprint density at radius 2 is 1.76 bits per heavy atom. The van der Waals surface area contributed by atoms with Gasteiger partial charge in [0.25, 0.3) is 15.9 Å². The molecule has 8 nitrogen and oxygen atoms in total. The third-order valence-electron chi connectivity index (χ3n) is 4.14. The van der Waals surface area contributed by atoms with Crippen LogP contribution in [0.25, 0.3) is 0 Å². The minimum Gasteiger partial charge on any atom is -0.495 e. The average molecular weight is 420 g/mol. The maximum Gasteiger partial charge on any atom is 0.338 e. The quantitative estimate of drug-likeness (QED) is 0.691. The highest BCUT2D eigenvalue weighted by atomic mass is 32.2. The Morgan fingerprint density at radius 3 is 2.38 bits per heavy atom. The number of sulfonamides is 1. The van der Waals surface area contributed by atoms with Crippen LogP contribution in [-0.2, 0) is 19.6 Å². The molecule has 156 valence electrons. The van der Waals surface area contributed by atoms with Crippen LogP contribution >= 0.6 is 0 Å². The Hall–Kier alpha value is -3.07. The SMILES string of the molecule is COc1ccccc1NS(=O)(=O)c1cc(C(=O)O[C@H](C)C(=O)N(C)C)ccc1C. The van der Waals surface area contributed by atoms with Gasteiger partial charge in [-0.2, -0.15) is 0 Å². The van der Waals surface area contributed by atoms with Gasteiger partial charge < -0.3 is 14.4 Å². The first-order chi connectivity index (χ1) is 13.6. The normalized spacial score (nSPS) is 12.0. The second-order valence-electron chi connectivity index (χ2n) is 6.57. The summed E-state index contributed by atoms with van der Waals surface area (Å²) in [6.07, 6.45) is -0.995. The van der Waals surface area contributed by atoms with Crippen LogP contribution in [0.2, 0.25) is 0 Å². The number of nitrogens with zero attached hydrogens (tertiary/aromatic N) is 1. The molecule has 0 aliphatic heterocycles. The number of anilines is 1. The summed E-state index contributed by atoms with van der Waals surface area (Å²) < 4.78 is 38.6. The number of likely N-dealkylation sites (N-methyl/N-ethyl adjacent to an activating group) is 1. The summed E-state index contributed by atoms with van der Waals surface area (Å²) >= 11 is 0. The number of rotatable bonds is 7. The molecular weight excluding hydrogens is 396 g/mol. The van der Waals surface area contributed by atoms with Crippen molar-refractivity contribution in [2.24, 2.45) is 0 Å². The number of carbonyl (C=O) groups is 2. The summed E-state index contributed by atoms with van der Waals surface area (Å²) in [6.45, 7) is 3.07. The molecule has 0 aliphatic carbocycles. The van der Waals surface area contributed by atoms with E-state index in [4.69, 9.17) is 9.47 Å². The maximum absolute atomic E-state index is 12.9. The number of hydrogen-bond acceptors (Lipinski definition) is 6. The molecule has 0 radical (unpaired) electrons. The van der Waals surface area contributed by atoms with Crippen LogP contribution in [0.5, 0.6) is 5.75 Å². The Morgan fingerprint density at radius 1 is 1.10 bits per heavy atom. The van der Waals surface area contributed by atoms with Crippen molar-refractivity contribution >= 4 is 27.6 Å². The molecule has 2 aromatic rings. The first-order valence-corrected chi connectivity index (χ1v) is 10.2. The van der Waals surface area contributed by atoms with Crippen molar-refractivity contribution in [1.82, 2.24) is 4.90 Å². The van der Waals surface area contributed by atoms with Gasteiger partial charge >= 0.3 is 5.97 Å². The lowest BCUT2D eigenvalue weighted by Gasteiger charge is -2.18. The van der Waals surface area contributed by atoms with E-state index in [1.807, 2.05) is 0 Å². The van der Waals surface area contributed by atoms with Crippen LogP contribution in [-0.4, -0.2) is 52.5 Å². The first kappa shape index (κ1) is 22.2. The lowest BCUT2D eigenvalue weighted by molar-refractivity contribution is -0.137. The van der Waals surface area contributed by atoms with Gasteiger partial charge in [-0.1, -0.05) is 18.2 Å². The fraction of sp³-hybridized carbons (Fsp3) is 0.300. The number of amides is 1. The molecule has 1 amide bonds. The van der Waals surface area contributed by atoms with Crippen molar-refractivity contribution in [1.29, 1.82) is 0 Å². The minimum atomic E-state index is -4.00. The highest BCUT2D eigenvalue weighted by molar-refractivity contribution is 7.92. The van der Waals surface area contributed by atoms with E-state index >= 15 is 0 Å². The summed E-state index contributed by atoms with van der Waals surface area (Å²) in [5.74, 6) is -0.807. The molecule has 2 rings (SSSR count). The van der Waals surface area contributed by atoms with Crippen LogP contribution in [0, 0.1) is 6.92 Å². The van der Waals surface area contributed by atoms with E-state index in [9.17, 15) is 18.0 Å². The highest BCUT2D eigenvalue weighted by Gasteiger charge is 2.24. The maximum atomic E-state index is 12.9. The molecule has 0 fully saturated rings. The molecule has 2 aromatic carbocycles. The van der Waals surface area contributed by atoms with Gasteiger partial charge in [0.1, 0.15) is 5.75 Å². The van der Waals surface area contributed by atoms with Crippen molar-refractivity contribution in [3.05, 3.63) is 53.6 Å². The van der Waals surface area contributed by atoms with Gasteiger partial charge in [0.15, 0.2) is 6.10 Å². The third-order valence-corrected chi connectivity index (χ3v) is 5.64. The number of para-hydroxylation sites is 2. The number of benzene rings is 2. The van der Waals surface area contributed by atoms with E-state index in [-0.39, 0.29) is 22.1 Å². The van der Waals surface area contributed by atoms with Crippen molar-refractivity contribution < 1.29 is 27.5 Å². The predicted octanol–water partition coefficient (Wildman–Crippen LogP) is 2.44. The Balaban J connectivity index is 2.32. The molecule has 1 atom stereocenters. The highest BCUT2D eigenvalue weighted by Crippen LogP contribution is 2.27. The van der Waals surface area contributed by atoms with Gasteiger partial charge in [-0.25, -0.2) is 13.2 Å². The second kappa shape index (κ2) is 8.95. The Labute approximate surface area is 170 Å². The third kappa shape index (κ3) is 5.26. The molecular formula is C20H24N2O6S. The van der Waals surface area contributed by atoms with Crippen LogP contribution in [0.3, 0.4) is 0 Å². The predicted molar refractivity (Wildman–Crippen MR) is 109 cm³/mol. The summed E-state index contributed by atoms with van der Waals surface area (Å²) in [6, 6.07) is 10.8. The van der Waals surface area contributed by atoms with Crippen LogP contribution in [0.1, 0.15) is 22.8 Å². The molecule has 0 bridgehead atoms. The van der Waals surface area contributed by atoms with Gasteiger partial charge in [-0.05, 0) is 43.7 Å². The van der Waals surface area contributed by atoms with E-state index in [1.165, 1.54) is 37.1 Å². The first-order valence-electron chi connectivity index (χ1n) is 8.75. The lowest BCUT2D eigenvalue weighted by atomic mass is 10.1. The largest absolute Gasteiger partial charge is 0.495 e. The fourth-order valence-electron chi connectivity index (χ4n) is 2.59. The fourth-order valence-corrected chi connectivity index (χ4v) is 3.93. The average Bonchev–Trinajstić information content (AvgIpc) is 2.67. The van der Waals surface area contributed by atoms with Gasteiger partial charge in [-0.3, -0.25) is 9.52 Å². The lowest BCUT2D eigenvalue weighted by Crippen LogP contribution is -2.34. The zero-order chi connectivity index (χ0) is 21.8. The molecule has 29 heavy (non-hydrogen) atoms. The number of hydrogen-bond donors (Lipinski definition) is 1. The Kier molecular flexibility index (Phi) is 6.86. The molecule has 0 saturated carbocycles. The molecule has 9 heteroatoms. The zero-order valence-electron chi connectivity index (χ0n) is 16.9. The Bertz CT molecular complexity index is 1020. The number of carbonyl (C=O) groups excluding carboxylic acids is 2. The smallest absolute Gasteiger partial charge is 0.338 e. The number of aryl methyl sites for hydroxylation is 1. The molecule has 0 aliphatic rings. The second-order valence-corrected chi connectivity index (χ2v) is 8.22. The van der Waals surface area contributed by atoms with E-state index < -0.39 is 22.1 Å². The summed E-state index contributed by atoms with van der Waals surface area (Å²) in [5.41, 5.74) is 0.739. The number of esters is 1. The summed E-state index contributed by atoms with van der Waals surface area (Å²) in [4.78, 5) is 25.5. The van der Waals surface area contributed by atoms with Crippen molar-refractivity contribution in [2.45, 2.75) is 24.8 Å². The number of nitrogens with one attached hydrogen (secondary N) is 1. The molecule has 0 heterocycles. The standard InChI is InChI=1S/C20H24N2O6S/c1-13-10-11-15(20(24)28-14(2)19(23)22(3)4)12-18(13)29(25,26)21-16-8-6-7-9-17(16)27-5/h6-12,14,21H,1-5H3/t14-/m1/s1. The zero-order valence-corrected chi connectivity index (χ0v) is 17.7. The van der Waals surface area contributed by atoms with E-state index in [1.54, 1.807) is 45.3 Å². The van der Waals surface area contributed by atoms with Crippen LogP contribution in [0.4, 0.5) is 5.69 Å². The summed E-state index contributed by atoms with van der Waals surface area (Å²) in [5, 5.41) is 0. The van der Waals surface area contributed by atoms with E-state index in [0.29, 0.717) is 11.3 Å². The molecule has 0 saturated heterocycles. The molecule has 0 aromatic heterocycles. The van der Waals surface area contributed by atoms with Crippen LogP contribution < -0.4 is 9.46 Å². The van der Waals surface area contributed by atoms with Crippen molar-refractivity contribution in [3.63, 3.8) is 0 Å². The van der Waals surface area contributed by atoms with Crippen LogP contribution in [0.15, 0.2) is 47.4 Å². The molecule has 0 spiro atoms. The topological polar surface area (TPSA) is 102 Å². The van der Waals surface area contributed by atoms with Gasteiger partial charge in [0.2, 0.25) is 0 Å².